The minimum Gasteiger partial charge on any atom is -0.479 e. The first-order valence-corrected chi connectivity index (χ1v) is 11.7. The number of carbonyl (C=O) groups excluding carboxylic acids is 1. The third kappa shape index (κ3) is 5.71. The van der Waals surface area contributed by atoms with Gasteiger partial charge in [-0.3, -0.25) is 9.69 Å². The van der Waals surface area contributed by atoms with Crippen LogP contribution in [0.4, 0.5) is 5.13 Å². The SMILES string of the molecule is CCCN1C(=O)/C(=C\c2ccc(OC(CC)C(=O)O)cc2)S/C1=N/c1nnc(CC)s1. The number of nitrogens with zero attached hydrogens (tertiary/aromatic N) is 4. The summed E-state index contributed by atoms with van der Waals surface area (Å²) in [7, 11) is 0. The van der Waals surface area contributed by atoms with Crippen LogP contribution in [0.1, 0.15) is 44.2 Å². The van der Waals surface area contributed by atoms with E-state index in [0.717, 1.165) is 23.4 Å². The number of thioether (sulfide) groups is 1. The molecule has 3 rings (SSSR count). The Morgan fingerprint density at radius 3 is 2.58 bits per heavy atom. The zero-order valence-corrected chi connectivity index (χ0v) is 19.2. The van der Waals surface area contributed by atoms with E-state index in [4.69, 9.17) is 9.84 Å². The van der Waals surface area contributed by atoms with Gasteiger partial charge >= 0.3 is 5.97 Å². The van der Waals surface area contributed by atoms with E-state index >= 15 is 0 Å². The van der Waals surface area contributed by atoms with Crippen molar-refractivity contribution in [3.8, 4) is 5.75 Å². The van der Waals surface area contributed by atoms with Gasteiger partial charge in [-0.1, -0.05) is 44.2 Å². The number of carboxylic acids is 1. The summed E-state index contributed by atoms with van der Waals surface area (Å²) in [4.78, 5) is 30.8. The van der Waals surface area contributed by atoms with Gasteiger partial charge in [0.05, 0.1) is 4.91 Å². The molecular formula is C21H24N4O4S2. The quantitative estimate of drug-likeness (QED) is 0.554. The summed E-state index contributed by atoms with van der Waals surface area (Å²) >= 11 is 2.73. The molecule has 8 nitrogen and oxygen atoms in total. The fourth-order valence-electron chi connectivity index (χ4n) is 2.79. The average molecular weight is 461 g/mol. The summed E-state index contributed by atoms with van der Waals surface area (Å²) in [6, 6.07) is 6.99. The van der Waals surface area contributed by atoms with Crippen LogP contribution in [0.2, 0.25) is 0 Å². The van der Waals surface area contributed by atoms with Crippen molar-refractivity contribution in [3.63, 3.8) is 0 Å². The maximum atomic E-state index is 12.9. The van der Waals surface area contributed by atoms with Crippen LogP contribution in [0, 0.1) is 0 Å². The lowest BCUT2D eigenvalue weighted by atomic mass is 10.2. The van der Waals surface area contributed by atoms with Gasteiger partial charge in [0.1, 0.15) is 10.8 Å². The van der Waals surface area contributed by atoms with Crippen molar-refractivity contribution in [2.45, 2.75) is 46.1 Å². The molecule has 1 unspecified atom stereocenters. The molecule has 164 valence electrons. The molecule has 31 heavy (non-hydrogen) atoms. The second-order valence-electron chi connectivity index (χ2n) is 6.72. The zero-order chi connectivity index (χ0) is 22.4. The topological polar surface area (TPSA) is 105 Å². The second-order valence-corrected chi connectivity index (χ2v) is 8.77. The van der Waals surface area contributed by atoms with E-state index in [-0.39, 0.29) is 5.91 Å². The molecule has 1 N–H and O–H groups in total. The van der Waals surface area contributed by atoms with Crippen LogP contribution in [-0.2, 0) is 16.0 Å². The number of ether oxygens (including phenoxy) is 1. The number of carboxylic acid groups (broad SMARTS) is 1. The Morgan fingerprint density at radius 2 is 2.00 bits per heavy atom. The molecule has 1 amide bonds. The van der Waals surface area contributed by atoms with Gasteiger partial charge in [0.15, 0.2) is 11.3 Å². The number of amides is 1. The van der Waals surface area contributed by atoms with Gasteiger partial charge in [-0.15, -0.1) is 10.2 Å². The van der Waals surface area contributed by atoms with Gasteiger partial charge in [-0.25, -0.2) is 4.79 Å². The van der Waals surface area contributed by atoms with E-state index in [1.54, 1.807) is 42.2 Å². The molecule has 1 aromatic carbocycles. The molecule has 2 aromatic rings. The molecule has 0 radical (unpaired) electrons. The van der Waals surface area contributed by atoms with Gasteiger partial charge < -0.3 is 9.84 Å². The molecule has 1 atom stereocenters. The molecule has 0 saturated carbocycles. The number of carbonyl (C=O) groups is 2. The van der Waals surface area contributed by atoms with Crippen molar-refractivity contribution in [1.29, 1.82) is 0 Å². The van der Waals surface area contributed by atoms with Crippen LogP contribution in [0.3, 0.4) is 0 Å². The largest absolute Gasteiger partial charge is 0.479 e. The summed E-state index contributed by atoms with van der Waals surface area (Å²) in [5.41, 5.74) is 0.813. The Bertz CT molecular complexity index is 1000. The van der Waals surface area contributed by atoms with Gasteiger partial charge in [0.2, 0.25) is 5.13 Å². The molecule has 0 spiro atoms. The van der Waals surface area contributed by atoms with E-state index in [1.165, 1.54) is 23.1 Å². The number of aliphatic imine (C=N–C) groups is 1. The summed E-state index contributed by atoms with van der Waals surface area (Å²) in [5, 5.41) is 19.3. The number of benzene rings is 1. The van der Waals surface area contributed by atoms with Crippen LogP contribution in [0.15, 0.2) is 34.2 Å². The van der Waals surface area contributed by atoms with E-state index in [0.29, 0.717) is 33.9 Å². The lowest BCUT2D eigenvalue weighted by Crippen LogP contribution is -2.29. The number of aromatic nitrogens is 2. The molecule has 0 aliphatic carbocycles. The number of rotatable bonds is 9. The monoisotopic (exact) mass is 460 g/mol. The third-order valence-corrected chi connectivity index (χ3v) is 6.36. The molecule has 10 heteroatoms. The fourth-order valence-corrected chi connectivity index (χ4v) is 4.51. The van der Waals surface area contributed by atoms with Gasteiger partial charge in [0.25, 0.3) is 5.91 Å². The Kier molecular flexibility index (Phi) is 7.80. The van der Waals surface area contributed by atoms with Crippen molar-refractivity contribution in [2.75, 3.05) is 6.54 Å². The lowest BCUT2D eigenvalue weighted by molar-refractivity contribution is -0.145. The van der Waals surface area contributed by atoms with Crippen LogP contribution >= 0.6 is 23.1 Å². The van der Waals surface area contributed by atoms with Crippen LogP contribution in [0.5, 0.6) is 5.75 Å². The average Bonchev–Trinajstić information content (AvgIpc) is 3.33. The molecule has 1 aromatic heterocycles. The highest BCUT2D eigenvalue weighted by molar-refractivity contribution is 8.18. The highest BCUT2D eigenvalue weighted by Gasteiger charge is 2.33. The minimum absolute atomic E-state index is 0.0944. The van der Waals surface area contributed by atoms with Crippen LogP contribution in [0.25, 0.3) is 6.08 Å². The highest BCUT2D eigenvalue weighted by atomic mass is 32.2. The van der Waals surface area contributed by atoms with Crippen molar-refractivity contribution in [3.05, 3.63) is 39.7 Å². The van der Waals surface area contributed by atoms with E-state index in [9.17, 15) is 9.59 Å². The summed E-state index contributed by atoms with van der Waals surface area (Å²) in [6.45, 7) is 6.35. The van der Waals surface area contributed by atoms with Gasteiger partial charge in [-0.2, -0.15) is 4.99 Å². The predicted octanol–water partition coefficient (Wildman–Crippen LogP) is 4.36. The van der Waals surface area contributed by atoms with E-state index in [2.05, 4.69) is 15.2 Å². The summed E-state index contributed by atoms with van der Waals surface area (Å²) in [6.07, 6.45) is 2.89. The smallest absolute Gasteiger partial charge is 0.344 e. The Morgan fingerprint density at radius 1 is 1.26 bits per heavy atom. The molecule has 1 aliphatic rings. The van der Waals surface area contributed by atoms with Gasteiger partial charge in [-0.05, 0) is 54.8 Å². The van der Waals surface area contributed by atoms with Crippen LogP contribution in [-0.4, -0.2) is 49.9 Å². The molecule has 1 saturated heterocycles. The Balaban J connectivity index is 1.80. The summed E-state index contributed by atoms with van der Waals surface area (Å²) < 4.78 is 5.48. The Hall–Kier alpha value is -2.72. The third-order valence-electron chi connectivity index (χ3n) is 4.39. The molecule has 0 bridgehead atoms. The first-order valence-electron chi connectivity index (χ1n) is 10.1. The predicted molar refractivity (Wildman–Crippen MR) is 123 cm³/mol. The number of hydrogen-bond acceptors (Lipinski definition) is 8. The molecule has 1 fully saturated rings. The van der Waals surface area contributed by atoms with E-state index in [1.807, 2.05) is 13.8 Å². The van der Waals surface area contributed by atoms with Crippen molar-refractivity contribution in [2.24, 2.45) is 4.99 Å². The number of hydrogen-bond donors (Lipinski definition) is 1. The van der Waals surface area contributed by atoms with Gasteiger partial charge in [0, 0.05) is 6.54 Å². The van der Waals surface area contributed by atoms with Crippen molar-refractivity contribution >= 4 is 51.4 Å². The maximum absolute atomic E-state index is 12.9. The molecular weight excluding hydrogens is 436 g/mol. The van der Waals surface area contributed by atoms with E-state index < -0.39 is 12.1 Å². The molecule has 2 heterocycles. The summed E-state index contributed by atoms with van der Waals surface area (Å²) in [5.74, 6) is -0.617. The number of aryl methyl sites for hydroxylation is 1. The fraction of sp³-hybridized carbons (Fsp3) is 0.381. The van der Waals surface area contributed by atoms with Crippen molar-refractivity contribution in [1.82, 2.24) is 15.1 Å². The lowest BCUT2D eigenvalue weighted by Gasteiger charge is -2.13. The Labute approximate surface area is 189 Å². The first kappa shape index (κ1) is 23.0. The van der Waals surface area contributed by atoms with Crippen LogP contribution < -0.4 is 4.74 Å². The number of amidine groups is 1. The van der Waals surface area contributed by atoms with Crippen molar-refractivity contribution < 1.29 is 19.4 Å². The number of aliphatic carboxylic acids is 1. The zero-order valence-electron chi connectivity index (χ0n) is 17.6. The normalized spacial score (nSPS) is 17.5. The maximum Gasteiger partial charge on any atom is 0.344 e. The minimum atomic E-state index is -0.994. The second kappa shape index (κ2) is 10.5. The standard InChI is InChI=1S/C21H24N4O4S2/c1-4-11-25-18(26)16(30-21(25)22-20-24-23-17(6-3)31-20)12-13-7-9-14(10-8-13)29-15(5-2)19(27)28/h7-10,12,15H,4-6,11H2,1-3H3,(H,27,28)/b16-12+,22-21+. The first-order chi connectivity index (χ1) is 14.9. The molecule has 1 aliphatic heterocycles. The highest BCUT2D eigenvalue weighted by Crippen LogP contribution is 2.35.